The zero-order valence-electron chi connectivity index (χ0n) is 22.0. The van der Waals surface area contributed by atoms with E-state index in [2.05, 4.69) is 0 Å². The maximum Gasteiger partial charge on any atom is 0.335 e. The van der Waals surface area contributed by atoms with E-state index in [1.165, 1.54) is 20.3 Å². The number of hydrogen-bond donors (Lipinski definition) is 5. The van der Waals surface area contributed by atoms with Crippen molar-refractivity contribution >= 4 is 5.97 Å². The van der Waals surface area contributed by atoms with E-state index < -0.39 is 42.8 Å². The van der Waals surface area contributed by atoms with Crippen LogP contribution in [0.25, 0.3) is 11.1 Å². The number of aliphatic hydroxyl groups excluding tert-OH is 3. The largest absolute Gasteiger partial charge is 0.508 e. The molecule has 0 bridgehead atoms. The van der Waals surface area contributed by atoms with E-state index in [0.29, 0.717) is 39.7 Å². The molecule has 1 fully saturated rings. The molecule has 3 aromatic rings. The Kier molecular flexibility index (Phi) is 6.78. The van der Waals surface area contributed by atoms with E-state index in [1.54, 1.807) is 36.4 Å². The first-order valence-electron chi connectivity index (χ1n) is 12.8. The number of benzene rings is 3. The number of hydrogen-bond acceptors (Lipinski definition) is 11. The van der Waals surface area contributed by atoms with Gasteiger partial charge in [-0.05, 0) is 35.4 Å². The lowest BCUT2D eigenvalue weighted by Gasteiger charge is -2.38. The van der Waals surface area contributed by atoms with Crippen molar-refractivity contribution in [2.45, 2.75) is 42.7 Å². The molecule has 7 atom stereocenters. The van der Waals surface area contributed by atoms with Gasteiger partial charge in [-0.25, -0.2) is 4.79 Å². The Hall–Kier alpha value is -4.23. The number of aromatic hydroxyl groups is 1. The molecular formula is C29H28O12. The first-order chi connectivity index (χ1) is 19.7. The highest BCUT2D eigenvalue weighted by Gasteiger charge is 2.49. The van der Waals surface area contributed by atoms with E-state index in [-0.39, 0.29) is 24.0 Å². The van der Waals surface area contributed by atoms with Gasteiger partial charge >= 0.3 is 5.97 Å². The summed E-state index contributed by atoms with van der Waals surface area (Å²) in [5.74, 6) is 0.308. The highest BCUT2D eigenvalue weighted by Crippen LogP contribution is 2.58. The summed E-state index contributed by atoms with van der Waals surface area (Å²) in [6.07, 6.45) is -9.38. The predicted octanol–water partition coefficient (Wildman–Crippen LogP) is 1.96. The van der Waals surface area contributed by atoms with Crippen molar-refractivity contribution in [1.82, 2.24) is 0 Å². The molecule has 0 aromatic heterocycles. The smallest absolute Gasteiger partial charge is 0.335 e. The van der Waals surface area contributed by atoms with Gasteiger partial charge in [0, 0.05) is 17.2 Å². The zero-order chi connectivity index (χ0) is 29.0. The predicted molar refractivity (Wildman–Crippen MR) is 140 cm³/mol. The van der Waals surface area contributed by atoms with Gasteiger partial charge in [-0.3, -0.25) is 0 Å². The third kappa shape index (κ3) is 4.45. The minimum absolute atomic E-state index is 0.0188. The highest BCUT2D eigenvalue weighted by molar-refractivity contribution is 5.76. The fourth-order valence-electron chi connectivity index (χ4n) is 5.59. The van der Waals surface area contributed by atoms with Crippen molar-refractivity contribution in [1.29, 1.82) is 0 Å². The zero-order valence-corrected chi connectivity index (χ0v) is 22.0. The normalized spacial score (nSPS) is 27.9. The van der Waals surface area contributed by atoms with E-state index in [4.69, 9.17) is 28.4 Å². The maximum atomic E-state index is 11.6. The Morgan fingerprint density at radius 3 is 2.49 bits per heavy atom. The van der Waals surface area contributed by atoms with Crippen molar-refractivity contribution in [3.05, 3.63) is 59.7 Å². The molecule has 3 aromatic carbocycles. The molecule has 0 unspecified atom stereocenters. The van der Waals surface area contributed by atoms with Crippen molar-refractivity contribution < 1.29 is 58.7 Å². The van der Waals surface area contributed by atoms with Crippen molar-refractivity contribution in [2.75, 3.05) is 20.8 Å². The molecule has 3 aliphatic heterocycles. The molecular weight excluding hydrogens is 540 g/mol. The Morgan fingerprint density at radius 1 is 0.976 bits per heavy atom. The van der Waals surface area contributed by atoms with Crippen LogP contribution in [0, 0.1) is 0 Å². The Morgan fingerprint density at radius 2 is 1.78 bits per heavy atom. The second kappa shape index (κ2) is 10.3. The lowest BCUT2D eigenvalue weighted by Crippen LogP contribution is -2.61. The molecule has 6 rings (SSSR count). The number of phenols is 1. The van der Waals surface area contributed by atoms with Crippen molar-refractivity contribution in [3.8, 4) is 45.6 Å². The quantitative estimate of drug-likeness (QED) is 0.293. The van der Waals surface area contributed by atoms with Gasteiger partial charge in [-0.2, -0.15) is 0 Å². The average molecular weight is 569 g/mol. The number of fused-ring (bicyclic) bond motifs is 5. The Bertz CT molecular complexity index is 1490. The molecule has 0 amide bonds. The van der Waals surface area contributed by atoms with Crippen LogP contribution in [0.5, 0.6) is 34.5 Å². The third-order valence-corrected chi connectivity index (χ3v) is 7.58. The molecule has 12 heteroatoms. The summed E-state index contributed by atoms with van der Waals surface area (Å²) in [6, 6.07) is 13.4. The van der Waals surface area contributed by atoms with Crippen molar-refractivity contribution in [3.63, 3.8) is 0 Å². The van der Waals surface area contributed by atoms with Crippen LogP contribution in [-0.2, 0) is 9.53 Å². The molecule has 0 saturated carbocycles. The van der Waals surface area contributed by atoms with Crippen LogP contribution in [0.15, 0.2) is 48.5 Å². The van der Waals surface area contributed by atoms with E-state index >= 15 is 0 Å². The Balaban J connectivity index is 1.43. The van der Waals surface area contributed by atoms with Crippen LogP contribution in [0.2, 0.25) is 0 Å². The maximum absolute atomic E-state index is 11.6. The van der Waals surface area contributed by atoms with Crippen molar-refractivity contribution in [2.24, 2.45) is 0 Å². The summed E-state index contributed by atoms with van der Waals surface area (Å²) in [7, 11) is 3.07. The van der Waals surface area contributed by atoms with Gasteiger partial charge in [0.2, 0.25) is 12.0 Å². The number of rotatable bonds is 6. The fraction of sp³-hybridized carbons (Fsp3) is 0.345. The number of phenolic OH excluding ortho intramolecular Hbond substituents is 1. The first kappa shape index (κ1) is 27.0. The molecule has 0 spiro atoms. The lowest BCUT2D eigenvalue weighted by atomic mass is 9.85. The monoisotopic (exact) mass is 568 g/mol. The summed E-state index contributed by atoms with van der Waals surface area (Å²) in [4.78, 5) is 11.6. The SMILES string of the molecule is COc1ccc2c(c1OC)O[C@H]1c3c(cc(O[C@@H]4O[C@H](C(=O)O)[C@@H](O)[C@H](O)[C@H]4O)cc3-c3cccc(O)c3)OC[C@@H]21. The summed E-state index contributed by atoms with van der Waals surface area (Å²) in [5, 5.41) is 50.4. The van der Waals surface area contributed by atoms with Crippen LogP contribution in [0.1, 0.15) is 23.1 Å². The molecule has 3 aliphatic rings. The summed E-state index contributed by atoms with van der Waals surface area (Å²) >= 11 is 0. The number of carboxylic acid groups (broad SMARTS) is 1. The number of methoxy groups -OCH3 is 2. The van der Waals surface area contributed by atoms with Gasteiger partial charge in [0.1, 0.15) is 41.7 Å². The summed E-state index contributed by atoms with van der Waals surface area (Å²) in [6.45, 7) is 0.248. The fourth-order valence-corrected chi connectivity index (χ4v) is 5.59. The second-order valence-corrected chi connectivity index (χ2v) is 9.96. The van der Waals surface area contributed by atoms with E-state index in [9.17, 15) is 30.3 Å². The standard InChI is InChI=1S/C29H28O12/c1-36-18-7-6-15-17-11-38-19-10-14(39-29-23(33)21(31)22(32)27(41-29)28(34)35)9-16(12-4-3-5-13(30)8-12)20(19)24(17)40-25(15)26(18)37-2/h3-10,17,21-24,27,29-33H,11H2,1-2H3,(H,34,35)/t17-,21-,22-,23+,24+,27-,29+/m0/s1. The van der Waals surface area contributed by atoms with Gasteiger partial charge in [-0.15, -0.1) is 0 Å². The molecule has 216 valence electrons. The van der Waals surface area contributed by atoms with Gasteiger partial charge in [0.05, 0.1) is 26.7 Å². The number of aliphatic hydroxyl groups is 3. The molecule has 3 heterocycles. The lowest BCUT2D eigenvalue weighted by molar-refractivity contribution is -0.271. The molecule has 0 aliphatic carbocycles. The van der Waals surface area contributed by atoms with E-state index in [1.807, 2.05) is 6.07 Å². The molecule has 1 saturated heterocycles. The van der Waals surface area contributed by atoms with Gasteiger partial charge in [-0.1, -0.05) is 18.2 Å². The topological polar surface area (TPSA) is 174 Å². The second-order valence-electron chi connectivity index (χ2n) is 9.96. The van der Waals surface area contributed by atoms with Crippen LogP contribution < -0.4 is 23.7 Å². The number of carboxylic acids is 1. The van der Waals surface area contributed by atoms with E-state index in [0.717, 1.165) is 5.56 Å². The van der Waals surface area contributed by atoms with Crippen LogP contribution in [0.3, 0.4) is 0 Å². The number of carbonyl (C=O) groups is 1. The summed E-state index contributed by atoms with van der Waals surface area (Å²) in [5.41, 5.74) is 2.72. The molecule has 41 heavy (non-hydrogen) atoms. The van der Waals surface area contributed by atoms with Gasteiger partial charge < -0.3 is 54.0 Å². The Labute approximate surface area is 233 Å². The molecule has 12 nitrogen and oxygen atoms in total. The highest BCUT2D eigenvalue weighted by atomic mass is 16.7. The molecule has 5 N–H and O–H groups in total. The van der Waals surface area contributed by atoms with Crippen LogP contribution in [0.4, 0.5) is 0 Å². The number of ether oxygens (including phenoxy) is 6. The first-order valence-corrected chi connectivity index (χ1v) is 12.8. The summed E-state index contributed by atoms with van der Waals surface area (Å²) < 4.78 is 34.9. The average Bonchev–Trinajstić information content (AvgIpc) is 3.35. The minimum Gasteiger partial charge on any atom is -0.508 e. The minimum atomic E-state index is -1.86. The molecule has 0 radical (unpaired) electrons. The third-order valence-electron chi connectivity index (χ3n) is 7.58. The van der Waals surface area contributed by atoms with Gasteiger partial charge in [0.25, 0.3) is 0 Å². The number of aliphatic carboxylic acids is 1. The van der Waals surface area contributed by atoms with Gasteiger partial charge in [0.15, 0.2) is 17.6 Å². The van der Waals surface area contributed by atoms with Crippen LogP contribution >= 0.6 is 0 Å². The van der Waals surface area contributed by atoms with Crippen LogP contribution in [-0.4, -0.2) is 83.0 Å².